The molecule has 0 aromatic heterocycles. The second-order valence-corrected chi connectivity index (χ2v) is 7.58. The zero-order valence-electron chi connectivity index (χ0n) is 16.8. The van der Waals surface area contributed by atoms with Crippen LogP contribution < -0.4 is 19.7 Å². The van der Waals surface area contributed by atoms with Gasteiger partial charge < -0.3 is 14.8 Å². The lowest BCUT2D eigenvalue weighted by atomic mass is 9.92. The van der Waals surface area contributed by atoms with E-state index >= 15 is 0 Å². The fraction of sp³-hybridized carbons (Fsp3) is 0.167. The van der Waals surface area contributed by atoms with Gasteiger partial charge in [0, 0.05) is 0 Å². The van der Waals surface area contributed by atoms with E-state index in [-0.39, 0.29) is 5.91 Å². The average Bonchev–Trinajstić information content (AvgIpc) is 3.02. The molecule has 1 saturated heterocycles. The number of methoxy groups -OCH3 is 1. The zero-order chi connectivity index (χ0) is 21.1. The second-order valence-electron chi connectivity index (χ2n) is 7.19. The Bertz CT molecular complexity index is 1050. The SMILES string of the molecule is COc1ccc(C2(C)NC(=S)N(c3ccc(OCc4ccccc4)cc3)C2=O)cc1. The van der Waals surface area contributed by atoms with Gasteiger partial charge in [-0.3, -0.25) is 9.69 Å². The lowest BCUT2D eigenvalue weighted by Crippen LogP contribution is -2.40. The zero-order valence-corrected chi connectivity index (χ0v) is 17.6. The van der Waals surface area contributed by atoms with Crippen molar-refractivity contribution in [3.8, 4) is 11.5 Å². The fourth-order valence-electron chi connectivity index (χ4n) is 3.43. The summed E-state index contributed by atoms with van der Waals surface area (Å²) in [7, 11) is 1.61. The largest absolute Gasteiger partial charge is 0.497 e. The first-order chi connectivity index (χ1) is 14.5. The Hall–Kier alpha value is -3.38. The summed E-state index contributed by atoms with van der Waals surface area (Å²) in [5, 5.41) is 3.55. The highest BCUT2D eigenvalue weighted by molar-refractivity contribution is 7.80. The van der Waals surface area contributed by atoms with Gasteiger partial charge in [0.2, 0.25) is 0 Å². The summed E-state index contributed by atoms with van der Waals surface area (Å²) < 4.78 is 11.0. The highest BCUT2D eigenvalue weighted by Crippen LogP contribution is 2.33. The first-order valence-electron chi connectivity index (χ1n) is 9.59. The molecule has 1 unspecified atom stereocenters. The average molecular weight is 419 g/mol. The molecule has 1 fully saturated rings. The minimum atomic E-state index is -0.939. The lowest BCUT2D eigenvalue weighted by molar-refractivity contribution is -0.121. The van der Waals surface area contributed by atoms with Crippen molar-refractivity contribution >= 4 is 28.9 Å². The summed E-state index contributed by atoms with van der Waals surface area (Å²) in [5.74, 6) is 1.33. The van der Waals surface area contributed by atoms with Crippen LogP contribution in [0.15, 0.2) is 78.9 Å². The van der Waals surface area contributed by atoms with Gasteiger partial charge in [-0.05, 0) is 66.7 Å². The van der Waals surface area contributed by atoms with Crippen molar-refractivity contribution in [2.24, 2.45) is 0 Å². The molecular formula is C24H22N2O3S. The molecule has 1 aliphatic heterocycles. The molecule has 1 atom stereocenters. The third kappa shape index (κ3) is 3.74. The molecule has 0 spiro atoms. The summed E-state index contributed by atoms with van der Waals surface area (Å²) in [6.07, 6.45) is 0. The summed E-state index contributed by atoms with van der Waals surface area (Å²) >= 11 is 5.48. The van der Waals surface area contributed by atoms with Gasteiger partial charge in [-0.15, -0.1) is 0 Å². The molecule has 1 heterocycles. The van der Waals surface area contributed by atoms with Crippen LogP contribution in [0.5, 0.6) is 11.5 Å². The van der Waals surface area contributed by atoms with E-state index in [0.29, 0.717) is 17.4 Å². The molecule has 1 aliphatic rings. The lowest BCUT2D eigenvalue weighted by Gasteiger charge is -2.23. The second kappa shape index (κ2) is 8.16. The van der Waals surface area contributed by atoms with Gasteiger partial charge >= 0.3 is 0 Å². The first-order valence-corrected chi connectivity index (χ1v) is 10.00. The molecule has 0 aliphatic carbocycles. The van der Waals surface area contributed by atoms with E-state index in [1.54, 1.807) is 7.11 Å². The van der Waals surface area contributed by atoms with Gasteiger partial charge in [-0.2, -0.15) is 0 Å². The van der Waals surface area contributed by atoms with Crippen LogP contribution in [0.2, 0.25) is 0 Å². The Morgan fingerprint density at radius 3 is 2.20 bits per heavy atom. The van der Waals surface area contributed by atoms with E-state index in [1.807, 2.05) is 85.8 Å². The number of nitrogens with one attached hydrogen (secondary N) is 1. The number of ether oxygens (including phenoxy) is 2. The van der Waals surface area contributed by atoms with Crippen molar-refractivity contribution in [2.75, 3.05) is 12.0 Å². The number of carbonyl (C=O) groups is 1. The van der Waals surface area contributed by atoms with E-state index in [2.05, 4.69) is 5.32 Å². The third-order valence-electron chi connectivity index (χ3n) is 5.20. The van der Waals surface area contributed by atoms with Crippen molar-refractivity contribution in [2.45, 2.75) is 19.1 Å². The smallest absolute Gasteiger partial charge is 0.263 e. The number of nitrogens with zero attached hydrogens (tertiary/aromatic N) is 1. The van der Waals surface area contributed by atoms with Crippen molar-refractivity contribution < 1.29 is 14.3 Å². The van der Waals surface area contributed by atoms with Gasteiger partial charge in [0.15, 0.2) is 5.11 Å². The van der Waals surface area contributed by atoms with Crippen LogP contribution in [0.3, 0.4) is 0 Å². The maximum atomic E-state index is 13.3. The highest BCUT2D eigenvalue weighted by atomic mass is 32.1. The number of hydrogen-bond donors (Lipinski definition) is 1. The van der Waals surface area contributed by atoms with E-state index in [0.717, 1.165) is 22.6 Å². The molecule has 30 heavy (non-hydrogen) atoms. The maximum absolute atomic E-state index is 13.3. The Labute approximate surface area is 181 Å². The molecule has 1 N–H and O–H groups in total. The van der Waals surface area contributed by atoms with Crippen LogP contribution in [-0.4, -0.2) is 18.1 Å². The number of rotatable bonds is 6. The number of benzene rings is 3. The summed E-state index contributed by atoms with van der Waals surface area (Å²) in [4.78, 5) is 14.8. The molecule has 3 aromatic rings. The van der Waals surface area contributed by atoms with Crippen LogP contribution in [0.25, 0.3) is 0 Å². The maximum Gasteiger partial charge on any atom is 0.263 e. The third-order valence-corrected chi connectivity index (χ3v) is 5.49. The summed E-state index contributed by atoms with van der Waals surface area (Å²) in [6, 6.07) is 24.7. The fourth-order valence-corrected chi connectivity index (χ4v) is 3.82. The standard InChI is InChI=1S/C24H22N2O3S/c1-24(18-8-12-20(28-2)13-9-18)22(27)26(23(30)25-24)19-10-14-21(15-11-19)29-16-17-6-4-3-5-7-17/h3-15H,16H2,1-2H3,(H,25,30). The van der Waals surface area contributed by atoms with Crippen LogP contribution in [-0.2, 0) is 16.9 Å². The van der Waals surface area contributed by atoms with Crippen molar-refractivity contribution in [3.05, 3.63) is 90.0 Å². The van der Waals surface area contributed by atoms with Crippen molar-refractivity contribution in [1.82, 2.24) is 5.32 Å². The molecule has 5 nitrogen and oxygen atoms in total. The number of thiocarbonyl (C=S) groups is 1. The molecule has 152 valence electrons. The van der Waals surface area contributed by atoms with Gasteiger partial charge in [-0.25, -0.2) is 0 Å². The molecule has 0 bridgehead atoms. The van der Waals surface area contributed by atoms with Gasteiger partial charge in [-0.1, -0.05) is 42.5 Å². The molecule has 0 radical (unpaired) electrons. The van der Waals surface area contributed by atoms with E-state index in [9.17, 15) is 4.79 Å². The monoisotopic (exact) mass is 418 g/mol. The van der Waals surface area contributed by atoms with Crippen molar-refractivity contribution in [3.63, 3.8) is 0 Å². The van der Waals surface area contributed by atoms with Gasteiger partial charge in [0.25, 0.3) is 5.91 Å². The normalized spacial score (nSPS) is 18.3. The topological polar surface area (TPSA) is 50.8 Å². The van der Waals surface area contributed by atoms with Crippen LogP contribution in [0.1, 0.15) is 18.1 Å². The summed E-state index contributed by atoms with van der Waals surface area (Å²) in [6.45, 7) is 2.32. The number of carbonyl (C=O) groups excluding carboxylic acids is 1. The summed E-state index contributed by atoms with van der Waals surface area (Å²) in [5.41, 5.74) is 1.67. The van der Waals surface area contributed by atoms with Gasteiger partial charge in [0.05, 0.1) is 12.8 Å². The molecule has 1 amide bonds. The molecule has 6 heteroatoms. The molecular weight excluding hydrogens is 396 g/mol. The minimum absolute atomic E-state index is 0.129. The highest BCUT2D eigenvalue weighted by Gasteiger charge is 2.47. The van der Waals surface area contributed by atoms with Crippen LogP contribution in [0.4, 0.5) is 5.69 Å². The van der Waals surface area contributed by atoms with Crippen LogP contribution >= 0.6 is 12.2 Å². The first kappa shape index (κ1) is 19.9. The van der Waals surface area contributed by atoms with Crippen LogP contribution in [0, 0.1) is 0 Å². The number of hydrogen-bond acceptors (Lipinski definition) is 4. The van der Waals surface area contributed by atoms with Gasteiger partial charge in [0.1, 0.15) is 23.6 Å². The Morgan fingerprint density at radius 2 is 1.57 bits per heavy atom. The molecule has 3 aromatic carbocycles. The minimum Gasteiger partial charge on any atom is -0.497 e. The molecule has 0 saturated carbocycles. The Kier molecular flexibility index (Phi) is 5.42. The van der Waals surface area contributed by atoms with E-state index < -0.39 is 5.54 Å². The number of amides is 1. The quantitative estimate of drug-likeness (QED) is 0.601. The van der Waals surface area contributed by atoms with E-state index in [1.165, 1.54) is 4.90 Å². The van der Waals surface area contributed by atoms with E-state index in [4.69, 9.17) is 21.7 Å². The molecule has 4 rings (SSSR count). The number of anilines is 1. The Morgan fingerprint density at radius 1 is 0.933 bits per heavy atom. The predicted octanol–water partition coefficient (Wildman–Crippen LogP) is 4.41. The Balaban J connectivity index is 1.50. The predicted molar refractivity (Wildman–Crippen MR) is 121 cm³/mol. The van der Waals surface area contributed by atoms with Crippen molar-refractivity contribution in [1.29, 1.82) is 0 Å².